The second-order valence-electron chi connectivity index (χ2n) is 5.43. The summed E-state index contributed by atoms with van der Waals surface area (Å²) in [4.78, 5) is 25.0. The summed E-state index contributed by atoms with van der Waals surface area (Å²) < 4.78 is 5.34. The largest absolute Gasteiger partial charge is 0.445 e. The molecule has 1 atom stereocenters. The molecule has 1 aromatic carbocycles. The van der Waals surface area contributed by atoms with Gasteiger partial charge in [-0.05, 0) is 24.3 Å². The fourth-order valence-electron chi connectivity index (χ4n) is 2.51. The van der Waals surface area contributed by atoms with Gasteiger partial charge in [-0.1, -0.05) is 30.3 Å². The number of nitrogens with one attached hydrogen (secondary N) is 1. The molecule has 0 bridgehead atoms. The number of halogens is 1. The SMILES string of the molecule is O=C(CCl)NC[C@@H]1CCCN(C(=O)OCc2ccccc2)C1. The van der Waals surface area contributed by atoms with Crippen LogP contribution in [0.5, 0.6) is 0 Å². The van der Waals surface area contributed by atoms with Gasteiger partial charge in [0.1, 0.15) is 12.5 Å². The fourth-order valence-corrected chi connectivity index (χ4v) is 2.61. The molecule has 1 aliphatic rings. The Morgan fingerprint density at radius 1 is 1.32 bits per heavy atom. The second-order valence-corrected chi connectivity index (χ2v) is 5.70. The number of piperidine rings is 1. The summed E-state index contributed by atoms with van der Waals surface area (Å²) in [6.45, 7) is 2.14. The van der Waals surface area contributed by atoms with Crippen molar-refractivity contribution in [2.45, 2.75) is 19.4 Å². The summed E-state index contributed by atoms with van der Waals surface area (Å²) >= 11 is 5.45. The molecule has 120 valence electrons. The van der Waals surface area contributed by atoms with Crippen LogP contribution in [0.2, 0.25) is 0 Å². The van der Waals surface area contributed by atoms with Crippen LogP contribution in [-0.2, 0) is 16.1 Å². The Bertz CT molecular complexity index is 495. The Morgan fingerprint density at radius 3 is 2.82 bits per heavy atom. The van der Waals surface area contributed by atoms with E-state index in [1.165, 1.54) is 0 Å². The molecular weight excluding hydrogens is 304 g/mol. The first-order valence-corrected chi connectivity index (χ1v) is 8.00. The first kappa shape index (κ1) is 16.6. The molecule has 0 aliphatic carbocycles. The maximum atomic E-state index is 12.1. The maximum absolute atomic E-state index is 12.1. The average molecular weight is 325 g/mol. The minimum absolute atomic E-state index is 0.0322. The number of benzene rings is 1. The van der Waals surface area contributed by atoms with Crippen molar-refractivity contribution in [1.82, 2.24) is 10.2 Å². The minimum atomic E-state index is -0.294. The molecule has 2 rings (SSSR count). The van der Waals surface area contributed by atoms with E-state index in [4.69, 9.17) is 16.3 Å². The Kier molecular flexibility index (Phi) is 6.52. The summed E-state index contributed by atoms with van der Waals surface area (Å²) in [5.74, 6) is 0.0471. The number of carbonyl (C=O) groups excluding carboxylic acids is 2. The average Bonchev–Trinajstić information content (AvgIpc) is 2.58. The Labute approximate surface area is 135 Å². The third-order valence-corrected chi connectivity index (χ3v) is 3.93. The van der Waals surface area contributed by atoms with Crippen LogP contribution in [0, 0.1) is 5.92 Å². The molecule has 1 fully saturated rings. The van der Waals surface area contributed by atoms with Crippen molar-refractivity contribution >= 4 is 23.6 Å². The number of rotatable bonds is 5. The van der Waals surface area contributed by atoms with Gasteiger partial charge in [0.15, 0.2) is 0 Å². The monoisotopic (exact) mass is 324 g/mol. The first-order chi connectivity index (χ1) is 10.7. The predicted octanol–water partition coefficient (Wildman–Crippen LogP) is 2.39. The number of carbonyl (C=O) groups is 2. The van der Waals surface area contributed by atoms with Gasteiger partial charge >= 0.3 is 6.09 Å². The lowest BCUT2D eigenvalue weighted by atomic mass is 9.98. The van der Waals surface area contributed by atoms with Gasteiger partial charge in [-0.15, -0.1) is 11.6 Å². The highest BCUT2D eigenvalue weighted by Gasteiger charge is 2.24. The van der Waals surface area contributed by atoms with Crippen molar-refractivity contribution in [2.24, 2.45) is 5.92 Å². The lowest BCUT2D eigenvalue weighted by Crippen LogP contribution is -2.44. The number of likely N-dealkylation sites (tertiary alicyclic amines) is 1. The van der Waals surface area contributed by atoms with Gasteiger partial charge in [0, 0.05) is 19.6 Å². The molecule has 1 aromatic rings. The van der Waals surface area contributed by atoms with Crippen molar-refractivity contribution in [1.29, 1.82) is 0 Å². The Balaban J connectivity index is 1.76. The number of amides is 2. The van der Waals surface area contributed by atoms with E-state index in [0.717, 1.165) is 18.4 Å². The number of nitrogens with zero attached hydrogens (tertiary/aromatic N) is 1. The van der Waals surface area contributed by atoms with E-state index in [9.17, 15) is 9.59 Å². The molecule has 1 N–H and O–H groups in total. The third kappa shape index (κ3) is 5.22. The molecule has 22 heavy (non-hydrogen) atoms. The van der Waals surface area contributed by atoms with Gasteiger partial charge in [0.25, 0.3) is 0 Å². The van der Waals surface area contributed by atoms with E-state index < -0.39 is 0 Å². The Hall–Kier alpha value is -1.75. The minimum Gasteiger partial charge on any atom is -0.445 e. The van der Waals surface area contributed by atoms with E-state index in [0.29, 0.717) is 19.6 Å². The van der Waals surface area contributed by atoms with Crippen LogP contribution in [0.4, 0.5) is 4.79 Å². The third-order valence-electron chi connectivity index (χ3n) is 3.69. The molecule has 2 amide bonds. The zero-order valence-electron chi connectivity index (χ0n) is 12.5. The topological polar surface area (TPSA) is 58.6 Å². The molecule has 0 unspecified atom stereocenters. The van der Waals surface area contributed by atoms with Crippen LogP contribution in [-0.4, -0.2) is 42.4 Å². The number of hydrogen-bond acceptors (Lipinski definition) is 3. The van der Waals surface area contributed by atoms with Gasteiger partial charge in [-0.3, -0.25) is 4.79 Å². The molecule has 6 heteroatoms. The van der Waals surface area contributed by atoms with Crippen molar-refractivity contribution in [3.8, 4) is 0 Å². The number of alkyl halides is 1. The summed E-state index contributed by atoms with van der Waals surface area (Å²) in [5.41, 5.74) is 0.971. The lowest BCUT2D eigenvalue weighted by molar-refractivity contribution is -0.118. The molecule has 1 heterocycles. The predicted molar refractivity (Wildman–Crippen MR) is 84.7 cm³/mol. The Morgan fingerprint density at radius 2 is 2.09 bits per heavy atom. The van der Waals surface area contributed by atoms with Gasteiger partial charge in [0.2, 0.25) is 5.91 Å². The molecule has 5 nitrogen and oxygen atoms in total. The normalized spacial score (nSPS) is 17.9. The molecule has 1 saturated heterocycles. The highest BCUT2D eigenvalue weighted by molar-refractivity contribution is 6.27. The van der Waals surface area contributed by atoms with Crippen molar-refractivity contribution < 1.29 is 14.3 Å². The van der Waals surface area contributed by atoms with Gasteiger partial charge in [-0.2, -0.15) is 0 Å². The zero-order chi connectivity index (χ0) is 15.8. The van der Waals surface area contributed by atoms with E-state index in [-0.39, 0.29) is 30.4 Å². The molecule has 0 aromatic heterocycles. The summed E-state index contributed by atoms with van der Waals surface area (Å²) in [6.07, 6.45) is 1.62. The summed E-state index contributed by atoms with van der Waals surface area (Å²) in [5, 5.41) is 2.77. The fraction of sp³-hybridized carbons (Fsp3) is 0.500. The van der Waals surface area contributed by atoms with E-state index in [1.54, 1.807) is 4.90 Å². The maximum Gasteiger partial charge on any atom is 0.410 e. The molecule has 0 spiro atoms. The van der Waals surface area contributed by atoms with Crippen LogP contribution < -0.4 is 5.32 Å². The van der Waals surface area contributed by atoms with Crippen LogP contribution in [0.1, 0.15) is 18.4 Å². The first-order valence-electron chi connectivity index (χ1n) is 7.47. The van der Waals surface area contributed by atoms with Crippen LogP contribution in [0.25, 0.3) is 0 Å². The molecule has 0 radical (unpaired) electrons. The van der Waals surface area contributed by atoms with Gasteiger partial charge in [0.05, 0.1) is 0 Å². The number of hydrogen-bond donors (Lipinski definition) is 1. The zero-order valence-corrected chi connectivity index (χ0v) is 13.2. The van der Waals surface area contributed by atoms with Crippen LogP contribution in [0.3, 0.4) is 0 Å². The molecule has 1 aliphatic heterocycles. The summed E-state index contributed by atoms with van der Waals surface area (Å²) in [6, 6.07) is 9.61. The van der Waals surface area contributed by atoms with E-state index >= 15 is 0 Å². The molecular formula is C16H21ClN2O3. The standard InChI is InChI=1S/C16H21ClN2O3/c17-9-15(20)18-10-14-7-4-8-19(11-14)16(21)22-12-13-5-2-1-3-6-13/h1-3,5-6,14H,4,7-12H2,(H,18,20)/t14-/m0/s1. The van der Waals surface area contributed by atoms with Crippen molar-refractivity contribution in [2.75, 3.05) is 25.5 Å². The molecule has 0 saturated carbocycles. The lowest BCUT2D eigenvalue weighted by Gasteiger charge is -2.32. The highest BCUT2D eigenvalue weighted by Crippen LogP contribution is 2.17. The van der Waals surface area contributed by atoms with Crippen LogP contribution in [0.15, 0.2) is 30.3 Å². The van der Waals surface area contributed by atoms with Crippen molar-refractivity contribution in [3.05, 3.63) is 35.9 Å². The quantitative estimate of drug-likeness (QED) is 0.846. The van der Waals surface area contributed by atoms with Crippen LogP contribution >= 0.6 is 11.6 Å². The van der Waals surface area contributed by atoms with Gasteiger partial charge < -0.3 is 15.0 Å². The second kappa shape index (κ2) is 8.63. The van der Waals surface area contributed by atoms with Gasteiger partial charge in [-0.25, -0.2) is 4.79 Å². The smallest absolute Gasteiger partial charge is 0.410 e. The van der Waals surface area contributed by atoms with E-state index in [2.05, 4.69) is 5.32 Å². The number of ether oxygens (including phenoxy) is 1. The van der Waals surface area contributed by atoms with E-state index in [1.807, 2.05) is 30.3 Å². The highest BCUT2D eigenvalue weighted by atomic mass is 35.5. The van der Waals surface area contributed by atoms with Crippen molar-refractivity contribution in [3.63, 3.8) is 0 Å². The summed E-state index contributed by atoms with van der Waals surface area (Å²) in [7, 11) is 0.